The van der Waals surface area contributed by atoms with Gasteiger partial charge < -0.3 is 4.90 Å². The van der Waals surface area contributed by atoms with Crippen LogP contribution < -0.4 is 5.56 Å². The van der Waals surface area contributed by atoms with Crippen molar-refractivity contribution in [3.63, 3.8) is 0 Å². The number of hydrogen-bond donors (Lipinski definition) is 0. The summed E-state index contributed by atoms with van der Waals surface area (Å²) in [6.07, 6.45) is -1.02. The zero-order chi connectivity index (χ0) is 19.9. The molecule has 0 amide bonds. The first-order chi connectivity index (χ1) is 13.3. The third kappa shape index (κ3) is 3.51. The van der Waals surface area contributed by atoms with Crippen LogP contribution in [0.2, 0.25) is 5.02 Å². The molecule has 1 aromatic carbocycles. The number of alkyl halides is 3. The number of aromatic nitrogens is 2. The fourth-order valence-corrected chi connectivity index (χ4v) is 4.04. The summed E-state index contributed by atoms with van der Waals surface area (Å²) in [5, 5.41) is 5.91. The minimum Gasteiger partial charge on any atom is -0.361 e. The highest BCUT2D eigenvalue weighted by molar-refractivity contribution is 7.16. The first kappa shape index (κ1) is 18.9. The van der Waals surface area contributed by atoms with E-state index in [1.165, 1.54) is 17.4 Å². The molecule has 0 bridgehead atoms. The molecule has 0 saturated carbocycles. The van der Waals surface area contributed by atoms with Crippen LogP contribution in [0.3, 0.4) is 0 Å². The number of fused-ring (bicyclic) bond motifs is 1. The van der Waals surface area contributed by atoms with Crippen molar-refractivity contribution < 1.29 is 13.2 Å². The van der Waals surface area contributed by atoms with E-state index in [2.05, 4.69) is 10.1 Å². The minimum absolute atomic E-state index is 0.0394. The van der Waals surface area contributed by atoms with Crippen molar-refractivity contribution in [2.45, 2.75) is 19.0 Å². The summed E-state index contributed by atoms with van der Waals surface area (Å²) in [7, 11) is 0. The maximum Gasteiger partial charge on any atom is 0.417 e. The van der Waals surface area contributed by atoms with Gasteiger partial charge in [-0.2, -0.15) is 22.9 Å². The third-order valence-electron chi connectivity index (χ3n) is 4.48. The predicted molar refractivity (Wildman–Crippen MR) is 104 cm³/mol. The van der Waals surface area contributed by atoms with Gasteiger partial charge in [0.15, 0.2) is 5.82 Å². The second-order valence-electron chi connectivity index (χ2n) is 6.36. The lowest BCUT2D eigenvalue weighted by atomic mass is 10.1. The summed E-state index contributed by atoms with van der Waals surface area (Å²) >= 11 is 6.96. The number of benzene rings is 1. The lowest BCUT2D eigenvalue weighted by Gasteiger charge is -2.14. The fraction of sp³-hybridized carbons (Fsp3) is 0.278. The Bertz CT molecular complexity index is 1120. The van der Waals surface area contributed by atoms with Crippen LogP contribution in [-0.4, -0.2) is 34.0 Å². The molecule has 0 spiro atoms. The van der Waals surface area contributed by atoms with Crippen LogP contribution in [0.15, 0.2) is 39.5 Å². The molecule has 146 valence electrons. The predicted octanol–water partition coefficient (Wildman–Crippen LogP) is 4.68. The van der Waals surface area contributed by atoms with Gasteiger partial charge in [-0.05, 0) is 42.5 Å². The van der Waals surface area contributed by atoms with Crippen LogP contribution in [-0.2, 0) is 6.18 Å². The van der Waals surface area contributed by atoms with E-state index in [-0.39, 0.29) is 11.4 Å². The Hall–Kier alpha value is -2.39. The van der Waals surface area contributed by atoms with Crippen LogP contribution in [0, 0.1) is 0 Å². The largest absolute Gasteiger partial charge is 0.417 e. The summed E-state index contributed by atoms with van der Waals surface area (Å²) in [5.74, 6) is 0.0394. The van der Waals surface area contributed by atoms with E-state index in [4.69, 9.17) is 11.6 Å². The topological polar surface area (TPSA) is 50.5 Å². The summed E-state index contributed by atoms with van der Waals surface area (Å²) in [6.45, 7) is 1.64. The molecular weight excluding hydrogens is 413 g/mol. The molecule has 1 aliphatic rings. The van der Waals surface area contributed by atoms with E-state index in [0.717, 1.165) is 42.7 Å². The molecule has 0 N–H and O–H groups in total. The van der Waals surface area contributed by atoms with E-state index in [0.29, 0.717) is 10.2 Å². The lowest BCUT2D eigenvalue weighted by Crippen LogP contribution is -2.23. The molecule has 5 nitrogen and oxygen atoms in total. The second kappa shape index (κ2) is 7.21. The van der Waals surface area contributed by atoms with Crippen molar-refractivity contribution in [2.24, 2.45) is 5.10 Å². The molecule has 28 heavy (non-hydrogen) atoms. The van der Waals surface area contributed by atoms with Crippen LogP contribution in [0.1, 0.15) is 18.4 Å². The van der Waals surface area contributed by atoms with Gasteiger partial charge in [0.05, 0.1) is 16.0 Å². The molecule has 1 aliphatic heterocycles. The van der Waals surface area contributed by atoms with Gasteiger partial charge in [0.25, 0.3) is 5.56 Å². The highest BCUT2D eigenvalue weighted by atomic mass is 35.5. The summed E-state index contributed by atoms with van der Waals surface area (Å²) in [4.78, 5) is 19.7. The van der Waals surface area contributed by atoms with Crippen molar-refractivity contribution in [1.29, 1.82) is 0 Å². The molecular formula is C18H14ClF3N4OS. The number of rotatable bonds is 3. The average Bonchev–Trinajstić information content (AvgIpc) is 3.32. The number of thiophene rings is 1. The van der Waals surface area contributed by atoms with Crippen molar-refractivity contribution in [2.75, 3.05) is 13.1 Å². The van der Waals surface area contributed by atoms with Gasteiger partial charge in [0.1, 0.15) is 11.2 Å². The Balaban J connectivity index is 1.90. The van der Waals surface area contributed by atoms with Crippen molar-refractivity contribution in [3.05, 3.63) is 50.6 Å². The molecule has 4 rings (SSSR count). The van der Waals surface area contributed by atoms with Crippen LogP contribution >= 0.6 is 22.9 Å². The zero-order valence-electron chi connectivity index (χ0n) is 14.4. The Morgan fingerprint density at radius 3 is 2.68 bits per heavy atom. The van der Waals surface area contributed by atoms with E-state index in [1.54, 1.807) is 17.8 Å². The first-order valence-electron chi connectivity index (χ1n) is 8.50. The molecule has 10 heteroatoms. The summed E-state index contributed by atoms with van der Waals surface area (Å²) < 4.78 is 40.9. The van der Waals surface area contributed by atoms with E-state index < -0.39 is 22.3 Å². The molecule has 0 unspecified atom stereocenters. The number of nitrogens with zero attached hydrogens (tertiary/aromatic N) is 4. The molecule has 0 atom stereocenters. The second-order valence-corrected chi connectivity index (χ2v) is 7.66. The number of likely N-dealkylation sites (tertiary alicyclic amines) is 1. The smallest absolute Gasteiger partial charge is 0.361 e. The average molecular weight is 427 g/mol. The van der Waals surface area contributed by atoms with E-state index >= 15 is 0 Å². The van der Waals surface area contributed by atoms with E-state index in [9.17, 15) is 18.0 Å². The highest BCUT2D eigenvalue weighted by Crippen LogP contribution is 2.37. The number of halogens is 4. The van der Waals surface area contributed by atoms with Crippen molar-refractivity contribution in [3.8, 4) is 11.4 Å². The van der Waals surface area contributed by atoms with Crippen molar-refractivity contribution in [1.82, 2.24) is 14.6 Å². The maximum atomic E-state index is 13.3. The SMILES string of the molecule is O=c1c2ccsc2nc(-c2ccc(Cl)c(C(F)(F)F)c2)n1N=CN1CCCC1. The fourth-order valence-electron chi connectivity index (χ4n) is 3.06. The molecule has 3 aromatic rings. The van der Waals surface area contributed by atoms with E-state index in [1.807, 2.05) is 4.90 Å². The van der Waals surface area contributed by atoms with Gasteiger partial charge >= 0.3 is 6.18 Å². The molecule has 2 aromatic heterocycles. The molecule has 0 aliphatic carbocycles. The number of hydrogen-bond acceptors (Lipinski definition) is 4. The van der Waals surface area contributed by atoms with Gasteiger partial charge in [0.2, 0.25) is 0 Å². The normalized spacial score (nSPS) is 15.2. The van der Waals surface area contributed by atoms with Gasteiger partial charge in [-0.15, -0.1) is 11.3 Å². The van der Waals surface area contributed by atoms with Crippen LogP contribution in [0.4, 0.5) is 13.2 Å². The van der Waals surface area contributed by atoms with Crippen LogP contribution in [0.5, 0.6) is 0 Å². The quantitative estimate of drug-likeness (QED) is 0.451. The maximum absolute atomic E-state index is 13.3. The van der Waals surface area contributed by atoms with Gasteiger partial charge in [-0.25, -0.2) is 4.98 Å². The molecule has 1 fully saturated rings. The Labute approximate surface area is 166 Å². The standard InChI is InChI=1S/C18H14ClF3N4OS/c19-14-4-3-11(9-13(14)18(20,21)22)15-24-16-12(5-8-28-16)17(27)26(15)23-10-25-6-1-2-7-25/h3-5,8-10H,1-2,6-7H2. The van der Waals surface area contributed by atoms with Gasteiger partial charge in [-0.3, -0.25) is 4.79 Å². The Kier molecular flexibility index (Phi) is 4.88. The lowest BCUT2D eigenvalue weighted by molar-refractivity contribution is -0.137. The zero-order valence-corrected chi connectivity index (χ0v) is 16.0. The minimum atomic E-state index is -4.62. The Morgan fingerprint density at radius 1 is 1.21 bits per heavy atom. The summed E-state index contributed by atoms with van der Waals surface area (Å²) in [6, 6.07) is 5.08. The molecule has 0 radical (unpaired) electrons. The highest BCUT2D eigenvalue weighted by Gasteiger charge is 2.33. The Morgan fingerprint density at radius 2 is 1.96 bits per heavy atom. The van der Waals surface area contributed by atoms with Crippen molar-refractivity contribution >= 4 is 39.5 Å². The van der Waals surface area contributed by atoms with Gasteiger partial charge in [-0.1, -0.05) is 11.6 Å². The van der Waals surface area contributed by atoms with Gasteiger partial charge in [0, 0.05) is 18.7 Å². The monoisotopic (exact) mass is 426 g/mol. The molecule has 3 heterocycles. The third-order valence-corrected chi connectivity index (χ3v) is 5.61. The molecule has 1 saturated heterocycles. The summed E-state index contributed by atoms with van der Waals surface area (Å²) in [5.41, 5.74) is -1.30. The van der Waals surface area contributed by atoms with Crippen LogP contribution in [0.25, 0.3) is 21.6 Å². The first-order valence-corrected chi connectivity index (χ1v) is 9.76.